The third-order valence-corrected chi connectivity index (χ3v) is 7.91. The monoisotopic (exact) mass is 441 g/mol. The smallest absolute Gasteiger partial charge is 0.258 e. The van der Waals surface area contributed by atoms with Gasteiger partial charge in [-0.1, -0.05) is 12.2 Å². The van der Waals surface area contributed by atoms with Crippen LogP contribution >= 0.6 is 0 Å². The average molecular weight is 442 g/mol. The summed E-state index contributed by atoms with van der Waals surface area (Å²) >= 11 is 0. The number of aromatic nitrogens is 1. The van der Waals surface area contributed by atoms with Gasteiger partial charge in [0, 0.05) is 62.5 Å². The molecule has 5 rings (SSSR count). The number of fused-ring (bicyclic) bond motifs is 3. The van der Waals surface area contributed by atoms with Gasteiger partial charge < -0.3 is 19.7 Å². The number of likely N-dealkylation sites (tertiary alicyclic amines) is 1. The molecule has 1 aliphatic carbocycles. The van der Waals surface area contributed by atoms with Gasteiger partial charge in [-0.05, 0) is 56.6 Å². The van der Waals surface area contributed by atoms with Crippen LogP contribution in [0.1, 0.15) is 49.9 Å². The molecule has 0 aromatic carbocycles. The average Bonchev–Trinajstić information content (AvgIpc) is 3.48. The SMILES string of the molecule is C/C=C/c1ccc2n(c1=O)C[C@@H]1[C@@H](CO)[C@H](C(=O)NCC3CC3)N(CC3CCOCC3)[C@H]21. The Hall–Kier alpha value is -1.96. The molecule has 0 unspecified atom stereocenters. The van der Waals surface area contributed by atoms with Crippen molar-refractivity contribution in [2.75, 3.05) is 32.9 Å². The highest BCUT2D eigenvalue weighted by atomic mass is 16.5. The molecular formula is C25H35N3O4. The van der Waals surface area contributed by atoms with Crippen molar-refractivity contribution in [3.05, 3.63) is 39.8 Å². The van der Waals surface area contributed by atoms with Gasteiger partial charge in [0.1, 0.15) is 0 Å². The van der Waals surface area contributed by atoms with E-state index in [0.29, 0.717) is 23.9 Å². The maximum Gasteiger partial charge on any atom is 0.258 e. The first-order chi connectivity index (χ1) is 15.6. The maximum absolute atomic E-state index is 13.4. The summed E-state index contributed by atoms with van der Waals surface area (Å²) in [6.07, 6.45) is 8.09. The molecule has 2 N–H and O–H groups in total. The second-order valence-electron chi connectivity index (χ2n) is 9.97. The Morgan fingerprint density at radius 1 is 1.22 bits per heavy atom. The third-order valence-electron chi connectivity index (χ3n) is 7.91. The van der Waals surface area contributed by atoms with Gasteiger partial charge in [-0.2, -0.15) is 0 Å². The molecule has 1 aromatic rings. The second-order valence-corrected chi connectivity index (χ2v) is 9.97. The van der Waals surface area contributed by atoms with E-state index < -0.39 is 0 Å². The van der Waals surface area contributed by atoms with E-state index in [-0.39, 0.29) is 42.0 Å². The lowest BCUT2D eigenvalue weighted by atomic mass is 9.88. The molecule has 0 bridgehead atoms. The fraction of sp³-hybridized carbons (Fsp3) is 0.680. The van der Waals surface area contributed by atoms with Gasteiger partial charge in [0.2, 0.25) is 5.91 Å². The molecule has 4 heterocycles. The van der Waals surface area contributed by atoms with Crippen molar-refractivity contribution >= 4 is 12.0 Å². The second kappa shape index (κ2) is 9.12. The molecule has 2 saturated heterocycles. The number of hydrogen-bond acceptors (Lipinski definition) is 5. The van der Waals surface area contributed by atoms with Crippen LogP contribution in [0.5, 0.6) is 0 Å². The lowest BCUT2D eigenvalue weighted by molar-refractivity contribution is -0.128. The van der Waals surface area contributed by atoms with Crippen LogP contribution in [-0.2, 0) is 16.1 Å². The van der Waals surface area contributed by atoms with Crippen molar-refractivity contribution in [2.45, 2.75) is 51.2 Å². The van der Waals surface area contributed by atoms with Gasteiger partial charge in [0.25, 0.3) is 5.56 Å². The van der Waals surface area contributed by atoms with Crippen LogP contribution in [0.25, 0.3) is 6.08 Å². The predicted octanol–water partition coefficient (Wildman–Crippen LogP) is 1.80. The Morgan fingerprint density at radius 3 is 2.69 bits per heavy atom. The zero-order valence-corrected chi connectivity index (χ0v) is 18.9. The molecule has 7 nitrogen and oxygen atoms in total. The van der Waals surface area contributed by atoms with Gasteiger partial charge in [0.05, 0.1) is 12.1 Å². The Balaban J connectivity index is 1.48. The maximum atomic E-state index is 13.4. The van der Waals surface area contributed by atoms with E-state index in [4.69, 9.17) is 4.74 Å². The highest BCUT2D eigenvalue weighted by molar-refractivity contribution is 5.83. The first kappa shape index (κ1) is 21.9. The first-order valence-electron chi connectivity index (χ1n) is 12.2. The van der Waals surface area contributed by atoms with Crippen molar-refractivity contribution in [3.8, 4) is 0 Å². The number of amides is 1. The van der Waals surface area contributed by atoms with E-state index in [0.717, 1.165) is 44.8 Å². The van der Waals surface area contributed by atoms with Gasteiger partial charge in [-0.15, -0.1) is 0 Å². The molecule has 1 aromatic heterocycles. The fourth-order valence-electron chi connectivity index (χ4n) is 6.04. The highest BCUT2D eigenvalue weighted by Crippen LogP contribution is 2.49. The number of nitrogens with zero attached hydrogens (tertiary/aromatic N) is 2. The molecule has 4 atom stereocenters. The Morgan fingerprint density at radius 2 is 2.00 bits per heavy atom. The van der Waals surface area contributed by atoms with Crippen LogP contribution in [0, 0.1) is 23.7 Å². The Bertz CT molecular complexity index is 932. The summed E-state index contributed by atoms with van der Waals surface area (Å²) in [4.78, 5) is 28.8. The summed E-state index contributed by atoms with van der Waals surface area (Å²) in [5.41, 5.74) is 1.69. The number of aliphatic hydroxyl groups excluding tert-OH is 1. The molecule has 3 fully saturated rings. The third kappa shape index (κ3) is 3.95. The summed E-state index contributed by atoms with van der Waals surface area (Å²) in [6, 6.07) is 3.59. The van der Waals surface area contributed by atoms with Crippen LogP contribution in [0.4, 0.5) is 0 Å². The summed E-state index contributed by atoms with van der Waals surface area (Å²) in [6.45, 7) is 5.48. The van der Waals surface area contributed by atoms with Crippen molar-refractivity contribution in [1.29, 1.82) is 0 Å². The molecular weight excluding hydrogens is 406 g/mol. The molecule has 0 spiro atoms. The van der Waals surface area contributed by atoms with Gasteiger partial charge >= 0.3 is 0 Å². The van der Waals surface area contributed by atoms with Crippen LogP contribution in [0.15, 0.2) is 23.0 Å². The normalized spacial score (nSPS) is 30.6. The van der Waals surface area contributed by atoms with Gasteiger partial charge in [0.15, 0.2) is 0 Å². The number of nitrogens with one attached hydrogen (secondary N) is 1. The van der Waals surface area contributed by atoms with Crippen LogP contribution < -0.4 is 10.9 Å². The molecule has 0 radical (unpaired) electrons. The van der Waals surface area contributed by atoms with E-state index in [1.54, 1.807) is 0 Å². The zero-order chi connectivity index (χ0) is 22.2. The lowest BCUT2D eigenvalue weighted by Crippen LogP contribution is -2.50. The molecule has 174 valence electrons. The lowest BCUT2D eigenvalue weighted by Gasteiger charge is -2.35. The minimum atomic E-state index is -0.351. The summed E-state index contributed by atoms with van der Waals surface area (Å²) < 4.78 is 7.44. The number of pyridine rings is 1. The summed E-state index contributed by atoms with van der Waals surface area (Å²) in [7, 11) is 0. The van der Waals surface area contributed by atoms with Crippen molar-refractivity contribution < 1.29 is 14.6 Å². The van der Waals surface area contributed by atoms with Crippen molar-refractivity contribution in [2.24, 2.45) is 23.7 Å². The van der Waals surface area contributed by atoms with E-state index in [2.05, 4.69) is 16.3 Å². The number of allylic oxidation sites excluding steroid dienone is 1. The van der Waals surface area contributed by atoms with Crippen molar-refractivity contribution in [3.63, 3.8) is 0 Å². The Kier molecular flexibility index (Phi) is 6.23. The number of aliphatic hydroxyl groups is 1. The topological polar surface area (TPSA) is 83.8 Å². The first-order valence-corrected chi connectivity index (χ1v) is 12.2. The summed E-state index contributed by atoms with van der Waals surface area (Å²) in [5.74, 6) is 0.995. The number of carbonyl (C=O) groups excluding carboxylic acids is 1. The number of rotatable bonds is 7. The van der Waals surface area contributed by atoms with Gasteiger partial charge in [-0.25, -0.2) is 0 Å². The largest absolute Gasteiger partial charge is 0.396 e. The highest BCUT2D eigenvalue weighted by Gasteiger charge is 2.55. The minimum absolute atomic E-state index is 0.0148. The zero-order valence-electron chi connectivity index (χ0n) is 18.9. The quantitative estimate of drug-likeness (QED) is 0.674. The number of hydrogen-bond donors (Lipinski definition) is 2. The van der Waals surface area contributed by atoms with E-state index in [1.165, 1.54) is 12.8 Å². The van der Waals surface area contributed by atoms with Gasteiger partial charge in [-0.3, -0.25) is 14.5 Å². The van der Waals surface area contributed by atoms with Crippen LogP contribution in [0.2, 0.25) is 0 Å². The molecule has 3 aliphatic heterocycles. The van der Waals surface area contributed by atoms with Crippen molar-refractivity contribution in [1.82, 2.24) is 14.8 Å². The summed E-state index contributed by atoms with van der Waals surface area (Å²) in [5, 5.41) is 13.6. The van der Waals surface area contributed by atoms with Crippen LogP contribution in [-0.4, -0.2) is 59.4 Å². The molecule has 1 amide bonds. The predicted molar refractivity (Wildman–Crippen MR) is 122 cm³/mol. The molecule has 32 heavy (non-hydrogen) atoms. The van der Waals surface area contributed by atoms with E-state index in [1.807, 2.05) is 29.7 Å². The van der Waals surface area contributed by atoms with Crippen LogP contribution in [0.3, 0.4) is 0 Å². The van der Waals surface area contributed by atoms with E-state index in [9.17, 15) is 14.7 Å². The number of carbonyl (C=O) groups is 1. The fourth-order valence-corrected chi connectivity index (χ4v) is 6.04. The standard InChI is InChI=1S/C25H35N3O4/c1-2-3-18-6-7-21-22-19(14-27(21)25(18)31)20(15-29)23(24(30)26-12-16-4-5-16)28(22)13-17-8-10-32-11-9-17/h2-3,6-7,16-17,19-20,22-23,29H,4-5,8-15H2,1H3,(H,26,30)/b3-2+/t19-,20-,22+,23-/m1/s1. The molecule has 1 saturated carbocycles. The molecule has 4 aliphatic rings. The number of ether oxygens (including phenoxy) is 1. The minimum Gasteiger partial charge on any atom is -0.396 e. The molecule has 7 heteroatoms. The van der Waals surface area contributed by atoms with E-state index >= 15 is 0 Å². The Labute approximate surface area is 189 Å².